The van der Waals surface area contributed by atoms with Gasteiger partial charge in [-0.25, -0.2) is 0 Å². The average Bonchev–Trinajstić information content (AvgIpc) is 2.36. The Morgan fingerprint density at radius 2 is 1.68 bits per heavy atom. The highest BCUT2D eigenvalue weighted by atomic mass is 79.9. The number of benzene rings is 2. The molecule has 0 amide bonds. The van der Waals surface area contributed by atoms with Crippen LogP contribution < -0.4 is 0 Å². The van der Waals surface area contributed by atoms with E-state index in [2.05, 4.69) is 44.0 Å². The zero-order chi connectivity index (χ0) is 13.7. The first-order valence-electron chi connectivity index (χ1n) is 5.94. The Morgan fingerprint density at radius 3 is 2.37 bits per heavy atom. The average molecular weight is 402 g/mol. The minimum Gasteiger partial charge on any atom is -0.392 e. The molecule has 0 heterocycles. The van der Waals surface area contributed by atoms with Gasteiger partial charge in [0.2, 0.25) is 0 Å². The monoisotopic (exact) mass is 400 g/mol. The van der Waals surface area contributed by atoms with E-state index >= 15 is 0 Å². The summed E-state index contributed by atoms with van der Waals surface area (Å²) in [6.45, 7) is 0. The maximum Gasteiger partial charge on any atom is 0.0674 e. The van der Waals surface area contributed by atoms with E-state index in [1.54, 1.807) is 11.8 Å². The molecular formula is C15H14Br2OS. The number of hydrogen-bond donors (Lipinski definition) is 1. The second kappa shape index (κ2) is 7.48. The van der Waals surface area contributed by atoms with E-state index in [0.29, 0.717) is 12.2 Å². The molecule has 2 aromatic carbocycles. The van der Waals surface area contributed by atoms with Gasteiger partial charge >= 0.3 is 0 Å². The summed E-state index contributed by atoms with van der Waals surface area (Å²) in [6, 6.07) is 16.2. The van der Waals surface area contributed by atoms with Crippen molar-refractivity contribution in [3.05, 3.63) is 63.0 Å². The van der Waals surface area contributed by atoms with E-state index in [1.807, 2.05) is 36.4 Å². The third-order valence-corrected chi connectivity index (χ3v) is 4.72. The molecule has 19 heavy (non-hydrogen) atoms. The Morgan fingerprint density at radius 1 is 1.00 bits per heavy atom. The number of hydrogen-bond acceptors (Lipinski definition) is 2. The Labute approximate surface area is 134 Å². The molecule has 1 unspecified atom stereocenters. The van der Waals surface area contributed by atoms with E-state index in [0.717, 1.165) is 14.5 Å². The van der Waals surface area contributed by atoms with Crippen molar-refractivity contribution in [2.24, 2.45) is 0 Å². The molecule has 0 spiro atoms. The molecule has 0 fully saturated rings. The van der Waals surface area contributed by atoms with Gasteiger partial charge in [-0.15, -0.1) is 11.8 Å². The van der Waals surface area contributed by atoms with Crippen LogP contribution in [-0.4, -0.2) is 17.0 Å². The van der Waals surface area contributed by atoms with Gasteiger partial charge < -0.3 is 5.11 Å². The number of aliphatic hydroxyl groups is 1. The molecule has 0 bridgehead atoms. The zero-order valence-electron chi connectivity index (χ0n) is 10.2. The van der Waals surface area contributed by atoms with E-state index < -0.39 is 0 Å². The van der Waals surface area contributed by atoms with Crippen molar-refractivity contribution in [3.8, 4) is 0 Å². The smallest absolute Gasteiger partial charge is 0.0674 e. The minimum atomic E-state index is -0.335. The molecule has 1 nitrogen and oxygen atoms in total. The second-order valence-corrected chi connectivity index (χ2v) is 7.18. The van der Waals surface area contributed by atoms with Gasteiger partial charge in [0.05, 0.1) is 6.10 Å². The molecule has 0 aliphatic rings. The fraction of sp³-hybridized carbons (Fsp3) is 0.200. The van der Waals surface area contributed by atoms with Crippen LogP contribution in [0.15, 0.2) is 62.4 Å². The summed E-state index contributed by atoms with van der Waals surface area (Å²) in [6.07, 6.45) is 0.346. The number of thioether (sulfide) groups is 1. The molecule has 0 aliphatic carbocycles. The first-order chi connectivity index (χ1) is 9.13. The molecule has 0 saturated carbocycles. The lowest BCUT2D eigenvalue weighted by Gasteiger charge is -2.10. The van der Waals surface area contributed by atoms with Crippen molar-refractivity contribution in [2.75, 3.05) is 5.75 Å². The van der Waals surface area contributed by atoms with Crippen molar-refractivity contribution < 1.29 is 5.11 Å². The summed E-state index contributed by atoms with van der Waals surface area (Å²) in [4.78, 5) is 1.17. The quantitative estimate of drug-likeness (QED) is 0.718. The van der Waals surface area contributed by atoms with Gasteiger partial charge in [-0.2, -0.15) is 0 Å². The highest BCUT2D eigenvalue weighted by molar-refractivity contribution is 9.10. The van der Waals surface area contributed by atoms with Gasteiger partial charge in [0.15, 0.2) is 0 Å². The molecule has 1 N–H and O–H groups in total. The summed E-state index contributed by atoms with van der Waals surface area (Å²) in [5.74, 6) is 0.697. The van der Waals surface area contributed by atoms with Crippen LogP contribution in [0.4, 0.5) is 0 Å². The highest BCUT2D eigenvalue weighted by Gasteiger charge is 2.07. The molecule has 1 atom stereocenters. The lowest BCUT2D eigenvalue weighted by molar-refractivity contribution is 0.200. The zero-order valence-corrected chi connectivity index (χ0v) is 14.2. The topological polar surface area (TPSA) is 20.2 Å². The summed E-state index contributed by atoms with van der Waals surface area (Å²) in [7, 11) is 0. The third kappa shape index (κ3) is 5.30. The molecule has 4 heteroatoms. The van der Waals surface area contributed by atoms with Crippen LogP contribution in [0.25, 0.3) is 0 Å². The summed E-state index contributed by atoms with van der Waals surface area (Å²) in [5.41, 5.74) is 1.15. The van der Waals surface area contributed by atoms with Crippen LogP contribution in [0.1, 0.15) is 5.56 Å². The fourth-order valence-electron chi connectivity index (χ4n) is 1.74. The summed E-state index contributed by atoms with van der Waals surface area (Å²) in [5, 5.41) is 10.1. The van der Waals surface area contributed by atoms with Crippen LogP contribution in [0.2, 0.25) is 0 Å². The van der Waals surface area contributed by atoms with Gasteiger partial charge in [0.1, 0.15) is 0 Å². The van der Waals surface area contributed by atoms with Gasteiger partial charge in [0, 0.05) is 19.6 Å². The molecule has 2 aromatic rings. The van der Waals surface area contributed by atoms with E-state index in [4.69, 9.17) is 0 Å². The molecule has 0 aromatic heterocycles. The normalized spacial score (nSPS) is 12.4. The Kier molecular flexibility index (Phi) is 5.95. The highest BCUT2D eigenvalue weighted by Crippen LogP contribution is 2.23. The largest absolute Gasteiger partial charge is 0.392 e. The van der Waals surface area contributed by atoms with Crippen LogP contribution in [0.5, 0.6) is 0 Å². The maximum absolute atomic E-state index is 10.1. The van der Waals surface area contributed by atoms with Crippen LogP contribution in [0, 0.1) is 0 Å². The molecule has 0 radical (unpaired) electrons. The maximum atomic E-state index is 10.1. The Balaban J connectivity index is 1.86. The number of halogens is 2. The van der Waals surface area contributed by atoms with Crippen LogP contribution >= 0.6 is 43.6 Å². The predicted molar refractivity (Wildman–Crippen MR) is 88.7 cm³/mol. The molecule has 0 aliphatic heterocycles. The van der Waals surface area contributed by atoms with Gasteiger partial charge in [0.25, 0.3) is 0 Å². The van der Waals surface area contributed by atoms with E-state index in [1.165, 1.54) is 4.90 Å². The van der Waals surface area contributed by atoms with Gasteiger partial charge in [-0.05, 0) is 42.3 Å². The molecule has 0 saturated heterocycles. The third-order valence-electron chi connectivity index (χ3n) is 2.60. The van der Waals surface area contributed by atoms with Crippen molar-refractivity contribution >= 4 is 43.6 Å². The first-order valence-corrected chi connectivity index (χ1v) is 8.51. The second-order valence-electron chi connectivity index (χ2n) is 4.26. The first kappa shape index (κ1) is 15.1. The van der Waals surface area contributed by atoms with Crippen molar-refractivity contribution in [1.82, 2.24) is 0 Å². The van der Waals surface area contributed by atoms with Gasteiger partial charge in [-0.1, -0.05) is 50.1 Å². The van der Waals surface area contributed by atoms with Crippen molar-refractivity contribution in [2.45, 2.75) is 17.4 Å². The van der Waals surface area contributed by atoms with Crippen molar-refractivity contribution in [1.29, 1.82) is 0 Å². The van der Waals surface area contributed by atoms with E-state index in [9.17, 15) is 5.11 Å². The lowest BCUT2D eigenvalue weighted by Crippen LogP contribution is -2.13. The molecule has 2 rings (SSSR count). The summed E-state index contributed by atoms with van der Waals surface area (Å²) >= 11 is 8.57. The minimum absolute atomic E-state index is 0.335. The van der Waals surface area contributed by atoms with Crippen LogP contribution in [0.3, 0.4) is 0 Å². The number of aliphatic hydroxyl groups excluding tert-OH is 1. The standard InChI is InChI=1S/C15H14Br2OS/c16-12-4-1-3-11(7-12)8-14(18)10-19-15-6-2-5-13(17)9-15/h1-7,9,14,18H,8,10H2. The lowest BCUT2D eigenvalue weighted by atomic mass is 10.1. The SMILES string of the molecule is OC(CSc1cccc(Br)c1)Cc1cccc(Br)c1. The number of rotatable bonds is 5. The Bertz CT molecular complexity index is 545. The van der Waals surface area contributed by atoms with E-state index in [-0.39, 0.29) is 6.10 Å². The predicted octanol–water partition coefficient (Wildman–Crippen LogP) is 4.91. The fourth-order valence-corrected chi connectivity index (χ4v) is 3.63. The summed E-state index contributed by atoms with van der Waals surface area (Å²) < 4.78 is 2.12. The molecule has 100 valence electrons. The van der Waals surface area contributed by atoms with Gasteiger partial charge in [-0.3, -0.25) is 0 Å². The van der Waals surface area contributed by atoms with Crippen molar-refractivity contribution in [3.63, 3.8) is 0 Å². The Hall–Kier alpha value is -0.290. The van der Waals surface area contributed by atoms with Crippen LogP contribution in [-0.2, 0) is 6.42 Å². The molecular weight excluding hydrogens is 388 g/mol.